The van der Waals surface area contributed by atoms with Gasteiger partial charge < -0.3 is 15.6 Å². The third-order valence-corrected chi connectivity index (χ3v) is 5.25. The summed E-state index contributed by atoms with van der Waals surface area (Å²) in [5.74, 6) is 0.885. The molecule has 1 unspecified atom stereocenters. The van der Waals surface area contributed by atoms with Crippen molar-refractivity contribution in [3.05, 3.63) is 29.8 Å². The zero-order valence-electron chi connectivity index (χ0n) is 14.8. The predicted octanol–water partition coefficient (Wildman–Crippen LogP) is 2.40. The van der Waals surface area contributed by atoms with E-state index in [1.54, 1.807) is 25.2 Å². The second kappa shape index (κ2) is 7.44. The molecule has 3 rings (SSSR count). The molecule has 0 aromatic heterocycles. The van der Waals surface area contributed by atoms with Gasteiger partial charge in [0.25, 0.3) is 5.91 Å². The molecule has 3 N–H and O–H groups in total. The summed E-state index contributed by atoms with van der Waals surface area (Å²) >= 11 is 0. The van der Waals surface area contributed by atoms with E-state index < -0.39 is 5.54 Å². The first-order valence-electron chi connectivity index (χ1n) is 8.99. The molecular formula is C19H27N3O3. The molecule has 6 heteroatoms. The molecule has 1 amide bonds. The number of rotatable bonds is 6. The highest BCUT2D eigenvalue weighted by molar-refractivity contribution is 6.06. The van der Waals surface area contributed by atoms with E-state index >= 15 is 0 Å². The topological polar surface area (TPSA) is 88.2 Å². The maximum Gasteiger partial charge on any atom is 0.259 e. The smallest absolute Gasteiger partial charge is 0.259 e. The Kier molecular flexibility index (Phi) is 5.27. The number of amides is 1. The van der Waals surface area contributed by atoms with E-state index in [2.05, 4.69) is 4.99 Å². The van der Waals surface area contributed by atoms with Crippen molar-refractivity contribution < 1.29 is 14.6 Å². The van der Waals surface area contributed by atoms with Crippen molar-refractivity contribution in [1.82, 2.24) is 4.90 Å². The highest BCUT2D eigenvalue weighted by atomic mass is 16.5. The Morgan fingerprint density at radius 1 is 1.36 bits per heavy atom. The summed E-state index contributed by atoms with van der Waals surface area (Å²) in [6.07, 6.45) is 6.68. The number of likely N-dealkylation sites (N-methyl/N-ethyl adjacent to an activating group) is 1. The Bertz CT molecular complexity index is 655. The van der Waals surface area contributed by atoms with Crippen LogP contribution in [0.2, 0.25) is 0 Å². The van der Waals surface area contributed by atoms with E-state index in [-0.39, 0.29) is 24.2 Å². The summed E-state index contributed by atoms with van der Waals surface area (Å²) in [4.78, 5) is 18.8. The van der Waals surface area contributed by atoms with Crippen LogP contribution in [0.1, 0.15) is 44.1 Å². The number of nitrogens with two attached hydrogens (primary N) is 1. The Balaban J connectivity index is 1.69. The molecule has 2 aliphatic rings. The predicted molar refractivity (Wildman–Crippen MR) is 96.1 cm³/mol. The molecule has 136 valence electrons. The summed E-state index contributed by atoms with van der Waals surface area (Å²) in [7, 11) is 1.67. The number of phenolic OH excluding ortho intramolecular Hbond substituents is 1. The number of hydrogen-bond donors (Lipinski definition) is 2. The molecule has 0 saturated heterocycles. The maximum atomic E-state index is 12.8. The van der Waals surface area contributed by atoms with Gasteiger partial charge in [-0.05, 0) is 30.0 Å². The molecule has 0 spiro atoms. The van der Waals surface area contributed by atoms with Gasteiger partial charge in [0.15, 0.2) is 11.5 Å². The van der Waals surface area contributed by atoms with Gasteiger partial charge in [0.05, 0.1) is 13.2 Å². The molecule has 6 nitrogen and oxygen atoms in total. The van der Waals surface area contributed by atoms with Gasteiger partial charge in [-0.25, -0.2) is 4.99 Å². The molecule has 0 bridgehead atoms. The van der Waals surface area contributed by atoms with E-state index in [0.717, 1.165) is 18.4 Å². The number of nitrogens with zero attached hydrogens (tertiary/aromatic N) is 2. The molecule has 1 aliphatic heterocycles. The summed E-state index contributed by atoms with van der Waals surface area (Å²) in [6.45, 7) is 0.538. The Morgan fingerprint density at radius 3 is 2.76 bits per heavy atom. The lowest BCUT2D eigenvalue weighted by molar-refractivity contribution is -0.133. The summed E-state index contributed by atoms with van der Waals surface area (Å²) in [5.41, 5.74) is 5.88. The van der Waals surface area contributed by atoms with Crippen molar-refractivity contribution >= 4 is 11.9 Å². The van der Waals surface area contributed by atoms with Gasteiger partial charge in [0.2, 0.25) is 0 Å². The molecular weight excluding hydrogens is 318 g/mol. The molecule has 1 heterocycles. The zero-order chi connectivity index (χ0) is 17.9. The third kappa shape index (κ3) is 3.95. The van der Waals surface area contributed by atoms with Crippen LogP contribution in [0.3, 0.4) is 0 Å². The molecule has 1 aromatic carbocycles. The maximum absolute atomic E-state index is 12.8. The van der Waals surface area contributed by atoms with Crippen LogP contribution in [0, 0.1) is 5.92 Å². The number of benzene rings is 1. The van der Waals surface area contributed by atoms with Crippen molar-refractivity contribution in [3.63, 3.8) is 0 Å². The van der Waals surface area contributed by atoms with Gasteiger partial charge in [-0.15, -0.1) is 0 Å². The van der Waals surface area contributed by atoms with Crippen LogP contribution in [-0.2, 0) is 16.1 Å². The lowest BCUT2D eigenvalue weighted by Crippen LogP contribution is -2.46. The fourth-order valence-electron chi connectivity index (χ4n) is 3.90. The Labute approximate surface area is 148 Å². The highest BCUT2D eigenvalue weighted by Gasteiger charge is 2.48. The van der Waals surface area contributed by atoms with Gasteiger partial charge in [-0.2, -0.15) is 0 Å². The number of aliphatic imine (C=N–C) groups is 1. The largest absolute Gasteiger partial charge is 0.508 e. The molecule has 0 radical (unpaired) electrons. The standard InChI is InChI=1S/C19H27N3O3/c1-22-17(24)19(21-18(22)20,11-14-6-3-2-4-7-14)13-25-12-15-8-5-9-16(23)10-15/h5,8-10,14,23H,2-4,6-7,11-13H2,1H3,(H2,20,21). The number of hydrogen-bond acceptors (Lipinski definition) is 5. The van der Waals surface area contributed by atoms with Gasteiger partial charge in [-0.3, -0.25) is 9.69 Å². The van der Waals surface area contributed by atoms with Crippen LogP contribution in [0.5, 0.6) is 5.75 Å². The molecule has 1 aromatic rings. The average molecular weight is 345 g/mol. The Hall–Kier alpha value is -2.08. The zero-order valence-corrected chi connectivity index (χ0v) is 14.8. The number of carbonyl (C=O) groups excluding carboxylic acids is 1. The summed E-state index contributed by atoms with van der Waals surface area (Å²) in [5, 5.41) is 9.55. The second-order valence-electron chi connectivity index (χ2n) is 7.24. The number of ether oxygens (including phenoxy) is 1. The molecule has 1 atom stereocenters. The van der Waals surface area contributed by atoms with Crippen molar-refractivity contribution in [1.29, 1.82) is 0 Å². The quantitative estimate of drug-likeness (QED) is 0.829. The van der Waals surface area contributed by atoms with Gasteiger partial charge >= 0.3 is 0 Å². The molecule has 1 fully saturated rings. The number of carbonyl (C=O) groups is 1. The van der Waals surface area contributed by atoms with Crippen LogP contribution >= 0.6 is 0 Å². The molecule has 25 heavy (non-hydrogen) atoms. The van der Waals surface area contributed by atoms with E-state index in [1.165, 1.54) is 24.2 Å². The number of guanidine groups is 1. The van der Waals surface area contributed by atoms with Crippen LogP contribution in [0.25, 0.3) is 0 Å². The lowest BCUT2D eigenvalue weighted by atomic mass is 9.79. The van der Waals surface area contributed by atoms with E-state index in [0.29, 0.717) is 18.9 Å². The van der Waals surface area contributed by atoms with Gasteiger partial charge in [-0.1, -0.05) is 44.2 Å². The van der Waals surface area contributed by atoms with E-state index in [4.69, 9.17) is 10.5 Å². The first kappa shape index (κ1) is 17.7. The minimum absolute atomic E-state index is 0.0773. The normalized spacial score (nSPS) is 24.6. The van der Waals surface area contributed by atoms with Crippen LogP contribution < -0.4 is 5.73 Å². The minimum atomic E-state index is -0.905. The highest BCUT2D eigenvalue weighted by Crippen LogP contribution is 2.36. The Morgan fingerprint density at radius 2 is 2.12 bits per heavy atom. The first-order chi connectivity index (χ1) is 12.0. The van der Waals surface area contributed by atoms with Crippen molar-refractivity contribution in [3.8, 4) is 5.75 Å². The van der Waals surface area contributed by atoms with E-state index in [1.807, 2.05) is 6.07 Å². The summed E-state index contributed by atoms with van der Waals surface area (Å²) in [6, 6.07) is 6.94. The molecule has 1 saturated carbocycles. The van der Waals surface area contributed by atoms with Gasteiger partial charge in [0.1, 0.15) is 5.75 Å². The third-order valence-electron chi connectivity index (χ3n) is 5.25. The fraction of sp³-hybridized carbons (Fsp3) is 0.579. The molecule has 1 aliphatic carbocycles. The first-order valence-corrected chi connectivity index (χ1v) is 8.99. The lowest BCUT2D eigenvalue weighted by Gasteiger charge is -2.31. The second-order valence-corrected chi connectivity index (χ2v) is 7.24. The summed E-state index contributed by atoms with van der Waals surface area (Å²) < 4.78 is 5.85. The average Bonchev–Trinajstić information content (AvgIpc) is 2.80. The SMILES string of the molecule is CN1C(=O)C(COCc2cccc(O)c2)(CC2CCCCC2)N=C1N. The fourth-order valence-corrected chi connectivity index (χ4v) is 3.90. The van der Waals surface area contributed by atoms with E-state index in [9.17, 15) is 9.90 Å². The van der Waals surface area contributed by atoms with Crippen LogP contribution in [-0.4, -0.2) is 41.1 Å². The number of phenols is 1. The van der Waals surface area contributed by atoms with Gasteiger partial charge in [0, 0.05) is 7.05 Å². The minimum Gasteiger partial charge on any atom is -0.508 e. The van der Waals surface area contributed by atoms with Crippen LogP contribution in [0.4, 0.5) is 0 Å². The van der Waals surface area contributed by atoms with Crippen LogP contribution in [0.15, 0.2) is 29.3 Å². The monoisotopic (exact) mass is 345 g/mol. The van der Waals surface area contributed by atoms with Crippen molar-refractivity contribution in [2.75, 3.05) is 13.7 Å². The number of aromatic hydroxyl groups is 1. The van der Waals surface area contributed by atoms with Crippen molar-refractivity contribution in [2.24, 2.45) is 16.6 Å². The van der Waals surface area contributed by atoms with Crippen molar-refractivity contribution in [2.45, 2.75) is 50.7 Å².